The van der Waals surface area contributed by atoms with Crippen LogP contribution in [0.25, 0.3) is 0 Å². The van der Waals surface area contributed by atoms with Gasteiger partial charge in [0.05, 0.1) is 6.54 Å². The number of halogens is 2. The number of likely N-dealkylation sites (N-methyl/N-ethyl adjacent to an activating group) is 1. The highest BCUT2D eigenvalue weighted by molar-refractivity contribution is 6.31. The molecule has 0 bridgehead atoms. The van der Waals surface area contributed by atoms with Crippen LogP contribution in [0.2, 0.25) is 5.02 Å². The lowest BCUT2D eigenvalue weighted by atomic mass is 10.1. The van der Waals surface area contributed by atoms with Gasteiger partial charge in [-0.25, -0.2) is 4.39 Å². The highest BCUT2D eigenvalue weighted by Gasteiger charge is 2.12. The zero-order valence-corrected chi connectivity index (χ0v) is 11.9. The van der Waals surface area contributed by atoms with Crippen LogP contribution >= 0.6 is 11.6 Å². The second kappa shape index (κ2) is 6.53. The summed E-state index contributed by atoms with van der Waals surface area (Å²) in [5.41, 5.74) is 1.26. The van der Waals surface area contributed by atoms with E-state index in [0.29, 0.717) is 22.8 Å². The molecule has 0 unspecified atom stereocenters. The van der Waals surface area contributed by atoms with Crippen molar-refractivity contribution in [2.75, 3.05) is 18.0 Å². The Morgan fingerprint density at radius 2 is 1.95 bits per heavy atom. The van der Waals surface area contributed by atoms with E-state index in [2.05, 4.69) is 0 Å². The summed E-state index contributed by atoms with van der Waals surface area (Å²) in [5.74, 6) is -0.352. The highest BCUT2D eigenvalue weighted by Crippen LogP contribution is 2.17. The van der Waals surface area contributed by atoms with E-state index < -0.39 is 0 Å². The summed E-state index contributed by atoms with van der Waals surface area (Å²) < 4.78 is 13.2. The van der Waals surface area contributed by atoms with Crippen molar-refractivity contribution in [2.24, 2.45) is 0 Å². The van der Waals surface area contributed by atoms with E-state index in [1.54, 1.807) is 36.4 Å². The maximum atomic E-state index is 13.2. The predicted octanol–water partition coefficient (Wildman–Crippen LogP) is 4.19. The van der Waals surface area contributed by atoms with Gasteiger partial charge in [0.1, 0.15) is 5.82 Å². The first kappa shape index (κ1) is 14.5. The number of hydrogen-bond donors (Lipinski definition) is 0. The normalized spacial score (nSPS) is 10.3. The number of anilines is 1. The van der Waals surface area contributed by atoms with Gasteiger partial charge in [-0.05, 0) is 37.3 Å². The Morgan fingerprint density at radius 3 is 2.60 bits per heavy atom. The summed E-state index contributed by atoms with van der Waals surface area (Å²) in [5, 5.41) is 0.532. The number of carbonyl (C=O) groups is 1. The lowest BCUT2D eigenvalue weighted by Crippen LogP contribution is -2.29. The van der Waals surface area contributed by atoms with Gasteiger partial charge >= 0.3 is 0 Å². The molecule has 0 aliphatic rings. The van der Waals surface area contributed by atoms with E-state index in [4.69, 9.17) is 11.6 Å². The Hall–Kier alpha value is -1.87. The number of nitrogens with zero attached hydrogens (tertiary/aromatic N) is 1. The van der Waals surface area contributed by atoms with Gasteiger partial charge in [-0.15, -0.1) is 0 Å². The lowest BCUT2D eigenvalue weighted by Gasteiger charge is -2.22. The zero-order chi connectivity index (χ0) is 14.5. The van der Waals surface area contributed by atoms with Crippen LogP contribution in [0.4, 0.5) is 10.1 Å². The quantitative estimate of drug-likeness (QED) is 0.770. The Morgan fingerprint density at radius 1 is 1.20 bits per heavy atom. The van der Waals surface area contributed by atoms with Crippen molar-refractivity contribution >= 4 is 23.1 Å². The van der Waals surface area contributed by atoms with Crippen LogP contribution in [0.15, 0.2) is 48.5 Å². The third kappa shape index (κ3) is 3.58. The van der Waals surface area contributed by atoms with Crippen molar-refractivity contribution in [1.29, 1.82) is 0 Å². The molecule has 0 saturated carbocycles. The molecule has 104 valence electrons. The van der Waals surface area contributed by atoms with Crippen LogP contribution in [0, 0.1) is 5.82 Å². The van der Waals surface area contributed by atoms with Gasteiger partial charge in [-0.3, -0.25) is 4.79 Å². The van der Waals surface area contributed by atoms with E-state index >= 15 is 0 Å². The molecule has 0 amide bonds. The maximum Gasteiger partial charge on any atom is 0.182 e. The molecule has 0 aliphatic carbocycles. The molecule has 2 aromatic rings. The van der Waals surface area contributed by atoms with Crippen molar-refractivity contribution in [3.63, 3.8) is 0 Å². The molecule has 0 aromatic heterocycles. The molecule has 0 radical (unpaired) electrons. The molecule has 0 aliphatic heterocycles. The zero-order valence-electron chi connectivity index (χ0n) is 11.1. The lowest BCUT2D eigenvalue weighted by molar-refractivity contribution is 0.0999. The molecule has 0 saturated heterocycles. The Bertz CT molecular complexity index is 615. The summed E-state index contributed by atoms with van der Waals surface area (Å²) in [6.07, 6.45) is 0. The van der Waals surface area contributed by atoms with Gasteiger partial charge < -0.3 is 4.90 Å². The number of ketones is 1. The first-order valence-electron chi connectivity index (χ1n) is 6.39. The number of Topliss-reactive ketones (excluding diaryl/α,β-unsaturated/α-hetero) is 1. The fourth-order valence-corrected chi connectivity index (χ4v) is 2.18. The molecule has 2 nitrogen and oxygen atoms in total. The van der Waals surface area contributed by atoms with Gasteiger partial charge in [0.15, 0.2) is 5.78 Å². The van der Waals surface area contributed by atoms with E-state index in [1.165, 1.54) is 12.1 Å². The summed E-state index contributed by atoms with van der Waals surface area (Å²) >= 11 is 5.88. The molecule has 0 fully saturated rings. The fourth-order valence-electron chi connectivity index (χ4n) is 1.99. The molecule has 0 heterocycles. The number of hydrogen-bond acceptors (Lipinski definition) is 2. The van der Waals surface area contributed by atoms with Crippen LogP contribution < -0.4 is 4.90 Å². The topological polar surface area (TPSA) is 20.3 Å². The standard InChI is InChI=1S/C16H15ClFNO/c1-2-19(15-8-4-7-14(18)10-15)11-16(20)12-5-3-6-13(17)9-12/h3-10H,2,11H2,1H3. The molecule has 2 aromatic carbocycles. The van der Waals surface area contributed by atoms with E-state index in [1.807, 2.05) is 11.8 Å². The van der Waals surface area contributed by atoms with Crippen molar-refractivity contribution in [1.82, 2.24) is 0 Å². The monoisotopic (exact) mass is 291 g/mol. The minimum atomic E-state index is -0.309. The molecule has 0 spiro atoms. The smallest absolute Gasteiger partial charge is 0.182 e. The van der Waals surface area contributed by atoms with Gasteiger partial charge in [-0.1, -0.05) is 29.8 Å². The van der Waals surface area contributed by atoms with Crippen LogP contribution in [0.5, 0.6) is 0 Å². The molecule has 2 rings (SSSR count). The SMILES string of the molecule is CCN(CC(=O)c1cccc(Cl)c1)c1cccc(F)c1. The number of benzene rings is 2. The third-order valence-electron chi connectivity index (χ3n) is 3.04. The fraction of sp³-hybridized carbons (Fsp3) is 0.188. The maximum absolute atomic E-state index is 13.2. The molecule has 20 heavy (non-hydrogen) atoms. The highest BCUT2D eigenvalue weighted by atomic mass is 35.5. The van der Waals surface area contributed by atoms with Gasteiger partial charge in [-0.2, -0.15) is 0 Å². The number of rotatable bonds is 5. The van der Waals surface area contributed by atoms with Crippen molar-refractivity contribution in [3.05, 3.63) is 64.9 Å². The summed E-state index contributed by atoms with van der Waals surface area (Å²) in [6, 6.07) is 13.1. The van der Waals surface area contributed by atoms with Crippen molar-refractivity contribution in [2.45, 2.75) is 6.92 Å². The summed E-state index contributed by atoms with van der Waals surface area (Å²) in [4.78, 5) is 14.1. The largest absolute Gasteiger partial charge is 0.364 e. The second-order valence-corrected chi connectivity index (χ2v) is 4.86. The molecular formula is C16H15ClFNO. The molecular weight excluding hydrogens is 277 g/mol. The first-order chi connectivity index (χ1) is 9.60. The van der Waals surface area contributed by atoms with E-state index in [9.17, 15) is 9.18 Å². The average molecular weight is 292 g/mol. The molecule has 0 atom stereocenters. The first-order valence-corrected chi connectivity index (χ1v) is 6.77. The molecule has 0 N–H and O–H groups in total. The third-order valence-corrected chi connectivity index (χ3v) is 3.27. The van der Waals surface area contributed by atoms with Crippen LogP contribution in [-0.2, 0) is 0 Å². The van der Waals surface area contributed by atoms with Gasteiger partial charge in [0.25, 0.3) is 0 Å². The Balaban J connectivity index is 2.16. The minimum absolute atomic E-state index is 0.0430. The van der Waals surface area contributed by atoms with Gasteiger partial charge in [0, 0.05) is 22.8 Å². The summed E-state index contributed by atoms with van der Waals surface area (Å²) in [7, 11) is 0. The Labute approximate surface area is 122 Å². The van der Waals surface area contributed by atoms with Crippen LogP contribution in [0.1, 0.15) is 17.3 Å². The Kier molecular flexibility index (Phi) is 4.74. The number of carbonyl (C=O) groups excluding carboxylic acids is 1. The minimum Gasteiger partial charge on any atom is -0.364 e. The van der Waals surface area contributed by atoms with Crippen molar-refractivity contribution in [3.8, 4) is 0 Å². The molecule has 4 heteroatoms. The van der Waals surface area contributed by atoms with Gasteiger partial charge in [0.2, 0.25) is 0 Å². The van der Waals surface area contributed by atoms with Crippen LogP contribution in [0.3, 0.4) is 0 Å². The van der Waals surface area contributed by atoms with E-state index in [-0.39, 0.29) is 18.1 Å². The average Bonchev–Trinajstić information content (AvgIpc) is 2.44. The van der Waals surface area contributed by atoms with E-state index in [0.717, 1.165) is 0 Å². The van der Waals surface area contributed by atoms with Crippen LogP contribution in [-0.4, -0.2) is 18.9 Å². The summed E-state index contributed by atoms with van der Waals surface area (Å²) in [6.45, 7) is 2.74. The van der Waals surface area contributed by atoms with Crippen molar-refractivity contribution < 1.29 is 9.18 Å². The second-order valence-electron chi connectivity index (χ2n) is 4.43. The predicted molar refractivity (Wildman–Crippen MR) is 80.1 cm³/mol.